The number of ketones is 1. The summed E-state index contributed by atoms with van der Waals surface area (Å²) in [7, 11) is -3.49. The van der Waals surface area contributed by atoms with Crippen LogP contribution in [0.2, 0.25) is 0 Å². The molecule has 0 N–H and O–H groups in total. The van der Waals surface area contributed by atoms with E-state index >= 15 is 0 Å². The fourth-order valence-electron chi connectivity index (χ4n) is 3.10. The van der Waals surface area contributed by atoms with Crippen LogP contribution in [0.3, 0.4) is 0 Å². The lowest BCUT2D eigenvalue weighted by molar-refractivity contribution is -0.151. The molecule has 0 saturated carbocycles. The van der Waals surface area contributed by atoms with Crippen molar-refractivity contribution in [2.45, 2.75) is 42.1 Å². The molecule has 2 atom stereocenters. The van der Waals surface area contributed by atoms with Gasteiger partial charge < -0.3 is 9.64 Å². The van der Waals surface area contributed by atoms with Crippen molar-refractivity contribution in [2.75, 3.05) is 13.7 Å². The molecular weight excluding hydrogens is 403 g/mol. The standard InChI is InChI=1S/C17H18F3NO6S/c1-10(22)7-15(23)21-9-11(8-13(21)16(24)27-2)28(25,26)14-6-4-3-5-12(14)17(18,19)20/h3-6,11,13H,7-9H2,1-2H3. The molecule has 154 valence electrons. The number of alkyl halides is 3. The maximum Gasteiger partial charge on any atom is 0.417 e. The van der Waals surface area contributed by atoms with E-state index in [1.54, 1.807) is 0 Å². The Morgan fingerprint density at radius 3 is 2.36 bits per heavy atom. The van der Waals surface area contributed by atoms with Crippen molar-refractivity contribution in [1.29, 1.82) is 0 Å². The van der Waals surface area contributed by atoms with Gasteiger partial charge in [0.05, 0.1) is 29.2 Å². The highest BCUT2D eigenvalue weighted by atomic mass is 32.2. The molecule has 1 heterocycles. The van der Waals surface area contributed by atoms with Gasteiger partial charge in [0.15, 0.2) is 9.84 Å². The summed E-state index contributed by atoms with van der Waals surface area (Å²) in [6.45, 7) is 0.634. The minimum absolute atomic E-state index is 0.426. The number of benzene rings is 1. The summed E-state index contributed by atoms with van der Waals surface area (Å²) in [5, 5.41) is -1.45. The van der Waals surface area contributed by atoms with Gasteiger partial charge in [0, 0.05) is 6.54 Å². The van der Waals surface area contributed by atoms with Crippen molar-refractivity contribution >= 4 is 27.5 Å². The van der Waals surface area contributed by atoms with Crippen LogP contribution in [-0.2, 0) is 35.1 Å². The number of rotatable bonds is 5. The molecular formula is C17H18F3NO6S. The predicted octanol–water partition coefficient (Wildman–Crippen LogP) is 1.60. The molecule has 0 aromatic heterocycles. The lowest BCUT2D eigenvalue weighted by Gasteiger charge is -2.22. The van der Waals surface area contributed by atoms with E-state index in [1.807, 2.05) is 0 Å². The molecule has 2 rings (SSSR count). The third kappa shape index (κ3) is 4.34. The number of carbonyl (C=O) groups excluding carboxylic acids is 3. The largest absolute Gasteiger partial charge is 0.467 e. The van der Waals surface area contributed by atoms with Crippen molar-refractivity contribution in [3.63, 3.8) is 0 Å². The Morgan fingerprint density at radius 2 is 1.82 bits per heavy atom. The van der Waals surface area contributed by atoms with Crippen LogP contribution in [0.25, 0.3) is 0 Å². The molecule has 1 aliphatic heterocycles. The Labute approximate surface area is 159 Å². The van der Waals surface area contributed by atoms with Gasteiger partial charge in [0.2, 0.25) is 5.91 Å². The zero-order valence-electron chi connectivity index (χ0n) is 15.0. The average molecular weight is 421 g/mol. The average Bonchev–Trinajstić information content (AvgIpc) is 3.06. The first-order valence-corrected chi connectivity index (χ1v) is 9.71. The number of carbonyl (C=O) groups is 3. The highest BCUT2D eigenvalue weighted by Crippen LogP contribution is 2.37. The van der Waals surface area contributed by atoms with Gasteiger partial charge in [0.1, 0.15) is 11.8 Å². The summed E-state index contributed by atoms with van der Waals surface area (Å²) in [6.07, 6.45) is -5.88. The highest BCUT2D eigenvalue weighted by Gasteiger charge is 2.48. The second-order valence-corrected chi connectivity index (χ2v) is 8.56. The monoisotopic (exact) mass is 421 g/mol. The van der Waals surface area contributed by atoms with Gasteiger partial charge in [-0.2, -0.15) is 13.2 Å². The normalized spacial score (nSPS) is 20.1. The van der Waals surface area contributed by atoms with Crippen molar-refractivity contribution in [3.05, 3.63) is 29.8 Å². The first-order chi connectivity index (χ1) is 12.9. The number of amides is 1. The Hall–Kier alpha value is -2.43. The van der Waals surface area contributed by atoms with Crippen LogP contribution in [0.1, 0.15) is 25.3 Å². The van der Waals surface area contributed by atoms with E-state index in [0.717, 1.165) is 37.1 Å². The molecule has 0 radical (unpaired) electrons. The molecule has 11 heteroatoms. The number of halogens is 3. The number of esters is 1. The summed E-state index contributed by atoms with van der Waals surface area (Å²) in [5.41, 5.74) is -1.32. The number of hydrogen-bond donors (Lipinski definition) is 0. The van der Waals surface area contributed by atoms with Crippen molar-refractivity contribution in [2.24, 2.45) is 0 Å². The Balaban J connectivity index is 2.44. The number of Topliss-reactive ketones (excluding diaryl/α,β-unsaturated/α-hetero) is 1. The smallest absolute Gasteiger partial charge is 0.417 e. The Bertz CT molecular complexity index is 896. The second kappa shape index (κ2) is 7.90. The van der Waals surface area contributed by atoms with Gasteiger partial charge >= 0.3 is 12.1 Å². The lowest BCUT2D eigenvalue weighted by Crippen LogP contribution is -2.41. The van der Waals surface area contributed by atoms with Crippen molar-refractivity contribution in [3.8, 4) is 0 Å². The molecule has 1 aliphatic rings. The minimum atomic E-state index is -4.89. The fourth-order valence-corrected chi connectivity index (χ4v) is 5.01. The van der Waals surface area contributed by atoms with Crippen LogP contribution in [0.15, 0.2) is 29.2 Å². The van der Waals surface area contributed by atoms with E-state index in [9.17, 15) is 36.0 Å². The van der Waals surface area contributed by atoms with Crippen LogP contribution >= 0.6 is 0 Å². The first kappa shape index (κ1) is 21.9. The third-order valence-corrected chi connectivity index (χ3v) is 6.58. The van der Waals surface area contributed by atoms with Crippen LogP contribution in [0.4, 0.5) is 13.2 Å². The van der Waals surface area contributed by atoms with E-state index in [4.69, 9.17) is 0 Å². The van der Waals surface area contributed by atoms with E-state index in [2.05, 4.69) is 4.74 Å². The predicted molar refractivity (Wildman–Crippen MR) is 89.8 cm³/mol. The fraction of sp³-hybridized carbons (Fsp3) is 0.471. The quantitative estimate of drug-likeness (QED) is 0.529. The third-order valence-electron chi connectivity index (χ3n) is 4.39. The number of methoxy groups -OCH3 is 1. The summed E-state index contributed by atoms with van der Waals surface area (Å²) >= 11 is 0. The summed E-state index contributed by atoms with van der Waals surface area (Å²) in [4.78, 5) is 35.4. The van der Waals surface area contributed by atoms with Crippen LogP contribution in [0.5, 0.6) is 0 Å². The maximum atomic E-state index is 13.2. The highest BCUT2D eigenvalue weighted by molar-refractivity contribution is 7.92. The Morgan fingerprint density at radius 1 is 1.21 bits per heavy atom. The van der Waals surface area contributed by atoms with Gasteiger partial charge in [-0.3, -0.25) is 9.59 Å². The van der Waals surface area contributed by atoms with E-state index < -0.39 is 74.8 Å². The number of sulfone groups is 1. The SMILES string of the molecule is COC(=O)C1CC(S(=O)(=O)c2ccccc2C(F)(F)F)CN1C(=O)CC(C)=O. The molecule has 2 unspecified atom stereocenters. The van der Waals surface area contributed by atoms with Gasteiger partial charge in [-0.15, -0.1) is 0 Å². The van der Waals surface area contributed by atoms with Crippen LogP contribution < -0.4 is 0 Å². The van der Waals surface area contributed by atoms with Crippen molar-refractivity contribution < 1.29 is 40.7 Å². The molecule has 1 amide bonds. The number of nitrogens with zero attached hydrogens (tertiary/aromatic N) is 1. The molecule has 1 aromatic rings. The van der Waals surface area contributed by atoms with Gasteiger partial charge in [-0.05, 0) is 25.5 Å². The van der Waals surface area contributed by atoms with Gasteiger partial charge in [0.25, 0.3) is 0 Å². The van der Waals surface area contributed by atoms with E-state index in [0.29, 0.717) is 6.07 Å². The molecule has 28 heavy (non-hydrogen) atoms. The summed E-state index contributed by atoms with van der Waals surface area (Å²) in [6, 6.07) is 2.42. The molecule has 1 aromatic carbocycles. The van der Waals surface area contributed by atoms with E-state index in [1.165, 1.54) is 0 Å². The molecule has 7 nitrogen and oxygen atoms in total. The number of likely N-dealkylation sites (tertiary alicyclic amines) is 1. The summed E-state index contributed by atoms with van der Waals surface area (Å²) in [5.74, 6) is -2.19. The second-order valence-electron chi connectivity index (χ2n) is 6.36. The van der Waals surface area contributed by atoms with Crippen molar-refractivity contribution in [1.82, 2.24) is 4.90 Å². The Kier molecular flexibility index (Phi) is 6.17. The molecule has 0 bridgehead atoms. The zero-order valence-corrected chi connectivity index (χ0v) is 15.8. The number of hydrogen-bond acceptors (Lipinski definition) is 6. The topological polar surface area (TPSA) is 97.8 Å². The lowest BCUT2D eigenvalue weighted by atomic mass is 10.2. The van der Waals surface area contributed by atoms with Gasteiger partial charge in [-0.1, -0.05) is 12.1 Å². The minimum Gasteiger partial charge on any atom is -0.467 e. The van der Waals surface area contributed by atoms with Gasteiger partial charge in [-0.25, -0.2) is 13.2 Å². The summed E-state index contributed by atoms with van der Waals surface area (Å²) < 4.78 is 70.1. The molecule has 0 aliphatic carbocycles. The zero-order chi connectivity index (χ0) is 21.3. The number of ether oxygens (including phenoxy) is 1. The molecule has 1 fully saturated rings. The van der Waals surface area contributed by atoms with E-state index in [-0.39, 0.29) is 0 Å². The van der Waals surface area contributed by atoms with Crippen LogP contribution in [0, 0.1) is 0 Å². The first-order valence-electron chi connectivity index (χ1n) is 8.16. The van der Waals surface area contributed by atoms with Crippen LogP contribution in [-0.4, -0.2) is 55.9 Å². The molecule has 0 spiro atoms. The maximum absolute atomic E-state index is 13.2. The molecule has 1 saturated heterocycles.